The third-order valence-electron chi connectivity index (χ3n) is 3.44. The average molecular weight is 304 g/mol. The summed E-state index contributed by atoms with van der Waals surface area (Å²) in [5, 5.41) is 2.79. The van der Waals surface area contributed by atoms with Crippen LogP contribution in [0.25, 0.3) is 0 Å². The van der Waals surface area contributed by atoms with E-state index in [9.17, 15) is 14.4 Å². The summed E-state index contributed by atoms with van der Waals surface area (Å²) in [5.41, 5.74) is 0.925. The minimum Gasteiger partial charge on any atom is -0.482 e. The second-order valence-electron chi connectivity index (χ2n) is 5.63. The summed E-state index contributed by atoms with van der Waals surface area (Å²) in [6.07, 6.45) is 0. The van der Waals surface area contributed by atoms with E-state index in [1.165, 1.54) is 11.8 Å². The largest absolute Gasteiger partial charge is 0.482 e. The minimum atomic E-state index is -0.681. The number of amides is 2. The number of rotatable bonds is 4. The molecule has 0 aliphatic carbocycles. The molecule has 1 aromatic rings. The Morgan fingerprint density at radius 2 is 1.95 bits per heavy atom. The van der Waals surface area contributed by atoms with Crippen molar-refractivity contribution in [2.45, 2.75) is 39.8 Å². The van der Waals surface area contributed by atoms with Gasteiger partial charge in [0, 0.05) is 11.6 Å². The van der Waals surface area contributed by atoms with E-state index in [4.69, 9.17) is 4.74 Å². The number of anilines is 1. The van der Waals surface area contributed by atoms with E-state index in [1.807, 2.05) is 13.8 Å². The van der Waals surface area contributed by atoms with Crippen LogP contribution in [-0.2, 0) is 9.59 Å². The predicted molar refractivity (Wildman–Crippen MR) is 82.2 cm³/mol. The SMILES string of the molecule is CC(=O)c1ccc2c(c1)N(C(C)C(=O)NC(C)C)C(=O)CO2. The quantitative estimate of drug-likeness (QED) is 0.856. The summed E-state index contributed by atoms with van der Waals surface area (Å²) in [7, 11) is 0. The Kier molecular flexibility index (Phi) is 4.49. The summed E-state index contributed by atoms with van der Waals surface area (Å²) in [6, 6.07) is 4.19. The lowest BCUT2D eigenvalue weighted by molar-refractivity contribution is -0.127. The van der Waals surface area contributed by atoms with Crippen molar-refractivity contribution in [2.24, 2.45) is 0 Å². The van der Waals surface area contributed by atoms with Gasteiger partial charge in [0.15, 0.2) is 12.4 Å². The lowest BCUT2D eigenvalue weighted by atomic mass is 10.1. The van der Waals surface area contributed by atoms with Crippen LogP contribution < -0.4 is 15.0 Å². The van der Waals surface area contributed by atoms with Gasteiger partial charge in [0.1, 0.15) is 11.8 Å². The molecule has 6 heteroatoms. The van der Waals surface area contributed by atoms with E-state index in [2.05, 4.69) is 5.32 Å². The molecule has 0 aromatic heterocycles. The van der Waals surface area contributed by atoms with Crippen molar-refractivity contribution in [3.63, 3.8) is 0 Å². The minimum absolute atomic E-state index is 0.0193. The number of carbonyl (C=O) groups excluding carboxylic acids is 3. The van der Waals surface area contributed by atoms with Crippen molar-refractivity contribution in [1.82, 2.24) is 5.32 Å². The predicted octanol–water partition coefficient (Wildman–Crippen LogP) is 1.53. The Morgan fingerprint density at radius 3 is 2.55 bits per heavy atom. The van der Waals surface area contributed by atoms with Gasteiger partial charge in [-0.05, 0) is 45.9 Å². The zero-order chi connectivity index (χ0) is 16.4. The molecule has 0 spiro atoms. The van der Waals surface area contributed by atoms with Crippen LogP contribution >= 0.6 is 0 Å². The van der Waals surface area contributed by atoms with Crippen LogP contribution in [0.3, 0.4) is 0 Å². The van der Waals surface area contributed by atoms with Crippen molar-refractivity contribution < 1.29 is 19.1 Å². The summed E-state index contributed by atoms with van der Waals surface area (Å²) in [4.78, 5) is 37.4. The molecule has 1 heterocycles. The molecule has 2 amide bonds. The Bertz CT molecular complexity index is 625. The Morgan fingerprint density at radius 1 is 1.27 bits per heavy atom. The number of ketones is 1. The van der Waals surface area contributed by atoms with Crippen LogP contribution in [0.1, 0.15) is 38.1 Å². The number of Topliss-reactive ketones (excluding diaryl/α,β-unsaturated/α-hetero) is 1. The van der Waals surface area contributed by atoms with Gasteiger partial charge in [-0.2, -0.15) is 0 Å². The van der Waals surface area contributed by atoms with Gasteiger partial charge in [-0.25, -0.2) is 0 Å². The molecule has 0 fully saturated rings. The number of hydrogen-bond acceptors (Lipinski definition) is 4. The third kappa shape index (κ3) is 3.10. The van der Waals surface area contributed by atoms with Gasteiger partial charge in [-0.15, -0.1) is 0 Å². The van der Waals surface area contributed by atoms with Crippen LogP contribution in [0.4, 0.5) is 5.69 Å². The van der Waals surface area contributed by atoms with Crippen molar-refractivity contribution in [3.8, 4) is 5.75 Å². The van der Waals surface area contributed by atoms with Crippen molar-refractivity contribution >= 4 is 23.3 Å². The number of hydrogen-bond donors (Lipinski definition) is 1. The monoisotopic (exact) mass is 304 g/mol. The summed E-state index contributed by atoms with van der Waals surface area (Å²) >= 11 is 0. The fourth-order valence-corrected chi connectivity index (χ4v) is 2.34. The molecule has 0 saturated heterocycles. The second kappa shape index (κ2) is 6.17. The molecule has 1 unspecified atom stereocenters. The Balaban J connectivity index is 2.40. The number of nitrogens with one attached hydrogen (secondary N) is 1. The van der Waals surface area contributed by atoms with Crippen LogP contribution in [-0.4, -0.2) is 36.3 Å². The molecular weight excluding hydrogens is 284 g/mol. The standard InChI is InChI=1S/C16H20N2O4/c1-9(2)17-16(21)10(3)18-13-7-12(11(4)19)5-6-14(13)22-8-15(18)20/h5-7,9-10H,8H2,1-4H3,(H,17,21). The van der Waals surface area contributed by atoms with E-state index >= 15 is 0 Å². The molecule has 1 aliphatic heterocycles. The van der Waals surface area contributed by atoms with Gasteiger partial charge < -0.3 is 10.1 Å². The maximum atomic E-state index is 12.2. The molecule has 6 nitrogen and oxygen atoms in total. The third-order valence-corrected chi connectivity index (χ3v) is 3.44. The number of carbonyl (C=O) groups is 3. The van der Waals surface area contributed by atoms with Gasteiger partial charge in [0.2, 0.25) is 5.91 Å². The van der Waals surface area contributed by atoms with E-state index < -0.39 is 6.04 Å². The molecule has 2 rings (SSSR count). The highest BCUT2D eigenvalue weighted by Gasteiger charge is 2.33. The van der Waals surface area contributed by atoms with Gasteiger partial charge in [0.25, 0.3) is 5.91 Å². The molecule has 0 bridgehead atoms. The fraction of sp³-hybridized carbons (Fsp3) is 0.438. The van der Waals surface area contributed by atoms with Crippen LogP contribution in [0, 0.1) is 0 Å². The van der Waals surface area contributed by atoms with E-state index in [0.29, 0.717) is 17.0 Å². The van der Waals surface area contributed by atoms with E-state index in [-0.39, 0.29) is 30.2 Å². The molecule has 1 N–H and O–H groups in total. The lowest BCUT2D eigenvalue weighted by Crippen LogP contribution is -2.52. The molecule has 1 aliphatic rings. The summed E-state index contributed by atoms with van der Waals surface area (Å²) in [5.74, 6) is -0.169. The van der Waals surface area contributed by atoms with E-state index in [0.717, 1.165) is 0 Å². The summed E-state index contributed by atoms with van der Waals surface area (Å²) < 4.78 is 5.38. The molecule has 0 saturated carbocycles. The van der Waals surface area contributed by atoms with Crippen LogP contribution in [0.15, 0.2) is 18.2 Å². The first-order valence-corrected chi connectivity index (χ1v) is 7.21. The van der Waals surface area contributed by atoms with Gasteiger partial charge in [-0.1, -0.05) is 0 Å². The topological polar surface area (TPSA) is 75.7 Å². The smallest absolute Gasteiger partial charge is 0.265 e. The number of benzene rings is 1. The van der Waals surface area contributed by atoms with Crippen molar-refractivity contribution in [1.29, 1.82) is 0 Å². The highest BCUT2D eigenvalue weighted by Crippen LogP contribution is 2.34. The lowest BCUT2D eigenvalue weighted by Gasteiger charge is -2.33. The maximum absolute atomic E-state index is 12.2. The Hall–Kier alpha value is -2.37. The first kappa shape index (κ1) is 16.0. The number of nitrogens with zero attached hydrogens (tertiary/aromatic N) is 1. The van der Waals surface area contributed by atoms with Crippen LogP contribution in [0.2, 0.25) is 0 Å². The number of fused-ring (bicyclic) bond motifs is 1. The average Bonchev–Trinajstić information content (AvgIpc) is 2.45. The fourth-order valence-electron chi connectivity index (χ4n) is 2.34. The first-order valence-electron chi connectivity index (χ1n) is 7.21. The maximum Gasteiger partial charge on any atom is 0.265 e. The first-order chi connectivity index (χ1) is 10.3. The molecule has 1 atom stereocenters. The van der Waals surface area contributed by atoms with E-state index in [1.54, 1.807) is 25.1 Å². The van der Waals surface area contributed by atoms with Gasteiger partial charge in [0.05, 0.1) is 5.69 Å². The molecule has 118 valence electrons. The van der Waals surface area contributed by atoms with Crippen molar-refractivity contribution in [2.75, 3.05) is 11.5 Å². The van der Waals surface area contributed by atoms with Gasteiger partial charge in [-0.3, -0.25) is 19.3 Å². The zero-order valence-electron chi connectivity index (χ0n) is 13.2. The number of ether oxygens (including phenoxy) is 1. The van der Waals surface area contributed by atoms with Crippen molar-refractivity contribution in [3.05, 3.63) is 23.8 Å². The van der Waals surface area contributed by atoms with Crippen LogP contribution in [0.5, 0.6) is 5.75 Å². The zero-order valence-corrected chi connectivity index (χ0v) is 13.2. The molecule has 1 aromatic carbocycles. The highest BCUT2D eigenvalue weighted by molar-refractivity contribution is 6.05. The highest BCUT2D eigenvalue weighted by atomic mass is 16.5. The molecular formula is C16H20N2O4. The molecule has 22 heavy (non-hydrogen) atoms. The normalized spacial score (nSPS) is 15.1. The van der Waals surface area contributed by atoms with Gasteiger partial charge >= 0.3 is 0 Å². The Labute approximate surface area is 129 Å². The summed E-state index contributed by atoms with van der Waals surface area (Å²) in [6.45, 7) is 6.70. The second-order valence-corrected chi connectivity index (χ2v) is 5.63. The molecule has 0 radical (unpaired) electrons.